The summed E-state index contributed by atoms with van der Waals surface area (Å²) in [5.74, 6) is -0.647. The molecule has 15 heavy (non-hydrogen) atoms. The highest BCUT2D eigenvalue weighted by Crippen LogP contribution is 2.21. The van der Waals surface area contributed by atoms with Crippen LogP contribution in [0.2, 0.25) is 0 Å². The lowest BCUT2D eigenvalue weighted by molar-refractivity contribution is 0.0984. The maximum Gasteiger partial charge on any atom is 0.165 e. The molecule has 2 rings (SSSR count). The van der Waals surface area contributed by atoms with E-state index >= 15 is 0 Å². The molecule has 0 unspecified atom stereocenters. The zero-order valence-electron chi connectivity index (χ0n) is 8.62. The van der Waals surface area contributed by atoms with Gasteiger partial charge in [0.05, 0.1) is 22.7 Å². The normalized spacial score (nSPS) is 10.9. The van der Waals surface area contributed by atoms with Crippen molar-refractivity contribution >= 4 is 16.7 Å². The van der Waals surface area contributed by atoms with E-state index in [9.17, 15) is 9.18 Å². The predicted molar refractivity (Wildman–Crippen MR) is 55.3 cm³/mol. The van der Waals surface area contributed by atoms with Gasteiger partial charge in [-0.1, -0.05) is 6.92 Å². The average molecular weight is 206 g/mol. The van der Waals surface area contributed by atoms with Crippen LogP contribution in [-0.4, -0.2) is 15.6 Å². The van der Waals surface area contributed by atoms with Gasteiger partial charge in [0.15, 0.2) is 5.78 Å². The molecule has 0 radical (unpaired) electrons. The average Bonchev–Trinajstić information content (AvgIpc) is 2.61. The molecule has 0 amide bonds. The summed E-state index contributed by atoms with van der Waals surface area (Å²) < 4.78 is 15.4. The number of hydrogen-bond acceptors (Lipinski definition) is 2. The Balaban J connectivity index is 2.71. The van der Waals surface area contributed by atoms with Crippen molar-refractivity contribution in [3.05, 3.63) is 29.7 Å². The largest absolute Gasteiger partial charge is 0.294 e. The van der Waals surface area contributed by atoms with Crippen molar-refractivity contribution in [2.45, 2.75) is 13.3 Å². The van der Waals surface area contributed by atoms with Gasteiger partial charge in [-0.05, 0) is 12.1 Å². The highest BCUT2D eigenvalue weighted by molar-refractivity contribution is 5.99. The second kappa shape index (κ2) is 3.46. The summed E-state index contributed by atoms with van der Waals surface area (Å²) in [6.07, 6.45) is 1.75. The SMILES string of the molecule is CCC(=O)c1ccc2c(cnn2C)c1F. The minimum atomic E-state index is -0.465. The number of nitrogens with zero attached hydrogens (tertiary/aromatic N) is 2. The molecule has 0 aliphatic carbocycles. The Kier molecular flexibility index (Phi) is 2.26. The first-order valence-electron chi connectivity index (χ1n) is 4.78. The molecule has 0 atom stereocenters. The fourth-order valence-corrected chi connectivity index (χ4v) is 1.60. The molecule has 0 bridgehead atoms. The number of carbonyl (C=O) groups is 1. The van der Waals surface area contributed by atoms with Crippen molar-refractivity contribution in [1.29, 1.82) is 0 Å². The summed E-state index contributed by atoms with van der Waals surface area (Å²) in [4.78, 5) is 11.4. The summed E-state index contributed by atoms with van der Waals surface area (Å²) in [5, 5.41) is 4.35. The number of fused-ring (bicyclic) bond motifs is 1. The minimum Gasteiger partial charge on any atom is -0.294 e. The first-order chi connectivity index (χ1) is 7.15. The van der Waals surface area contributed by atoms with Gasteiger partial charge in [-0.15, -0.1) is 0 Å². The quantitative estimate of drug-likeness (QED) is 0.707. The molecule has 2 aromatic rings. The molecule has 1 heterocycles. The van der Waals surface area contributed by atoms with E-state index in [4.69, 9.17) is 0 Å². The number of halogens is 1. The first-order valence-corrected chi connectivity index (χ1v) is 4.78. The standard InChI is InChI=1S/C11H11FN2O/c1-3-10(15)7-4-5-9-8(11(7)12)6-13-14(9)2/h4-6H,3H2,1-2H3. The second-order valence-corrected chi connectivity index (χ2v) is 3.40. The monoisotopic (exact) mass is 206 g/mol. The van der Waals surface area contributed by atoms with Crippen LogP contribution >= 0.6 is 0 Å². The van der Waals surface area contributed by atoms with Crippen molar-refractivity contribution in [2.75, 3.05) is 0 Å². The Morgan fingerprint density at radius 1 is 1.53 bits per heavy atom. The molecular weight excluding hydrogens is 195 g/mol. The highest BCUT2D eigenvalue weighted by Gasteiger charge is 2.14. The molecule has 0 N–H and O–H groups in total. The molecule has 1 aromatic carbocycles. The van der Waals surface area contributed by atoms with Crippen LogP contribution in [0.1, 0.15) is 23.7 Å². The van der Waals surface area contributed by atoms with Gasteiger partial charge in [-0.2, -0.15) is 5.10 Å². The predicted octanol–water partition coefficient (Wildman–Crippen LogP) is 2.31. The Labute approximate surface area is 86.5 Å². The number of aryl methyl sites for hydroxylation is 1. The molecule has 0 spiro atoms. The third-order valence-corrected chi connectivity index (χ3v) is 2.49. The van der Waals surface area contributed by atoms with Gasteiger partial charge < -0.3 is 0 Å². The Bertz CT molecular complexity index is 531. The number of ketones is 1. The van der Waals surface area contributed by atoms with Gasteiger partial charge in [-0.25, -0.2) is 4.39 Å². The van der Waals surface area contributed by atoms with E-state index < -0.39 is 5.82 Å². The van der Waals surface area contributed by atoms with E-state index in [0.29, 0.717) is 17.3 Å². The van der Waals surface area contributed by atoms with E-state index in [0.717, 1.165) is 0 Å². The maximum atomic E-state index is 13.8. The molecule has 0 aliphatic heterocycles. The smallest absolute Gasteiger partial charge is 0.165 e. The summed E-state index contributed by atoms with van der Waals surface area (Å²) in [5.41, 5.74) is 0.846. The Morgan fingerprint density at radius 2 is 2.27 bits per heavy atom. The number of Topliss-reactive ketones (excluding diaryl/α,β-unsaturated/α-hetero) is 1. The van der Waals surface area contributed by atoms with E-state index in [-0.39, 0.29) is 11.3 Å². The van der Waals surface area contributed by atoms with E-state index in [1.807, 2.05) is 0 Å². The number of aromatic nitrogens is 2. The number of carbonyl (C=O) groups excluding carboxylic acids is 1. The van der Waals surface area contributed by atoms with Crippen LogP contribution in [0.3, 0.4) is 0 Å². The zero-order chi connectivity index (χ0) is 11.0. The zero-order valence-corrected chi connectivity index (χ0v) is 8.62. The molecular formula is C11H11FN2O. The molecule has 4 heteroatoms. The molecule has 3 nitrogen and oxygen atoms in total. The number of hydrogen-bond donors (Lipinski definition) is 0. The van der Waals surface area contributed by atoms with Crippen LogP contribution in [0.5, 0.6) is 0 Å². The van der Waals surface area contributed by atoms with Crippen molar-refractivity contribution in [2.24, 2.45) is 7.05 Å². The van der Waals surface area contributed by atoms with Crippen LogP contribution in [0.4, 0.5) is 4.39 Å². The Morgan fingerprint density at radius 3 is 2.93 bits per heavy atom. The van der Waals surface area contributed by atoms with E-state index in [1.165, 1.54) is 12.3 Å². The lowest BCUT2D eigenvalue weighted by atomic mass is 10.1. The lowest BCUT2D eigenvalue weighted by Crippen LogP contribution is -2.01. The Hall–Kier alpha value is -1.71. The van der Waals surface area contributed by atoms with Gasteiger partial charge in [0.1, 0.15) is 5.82 Å². The first kappa shape index (κ1) is 9.83. The molecule has 0 fully saturated rings. The van der Waals surface area contributed by atoms with Gasteiger partial charge >= 0.3 is 0 Å². The second-order valence-electron chi connectivity index (χ2n) is 3.40. The van der Waals surface area contributed by atoms with Crippen LogP contribution in [0, 0.1) is 5.82 Å². The third kappa shape index (κ3) is 1.42. The highest BCUT2D eigenvalue weighted by atomic mass is 19.1. The summed E-state index contributed by atoms with van der Waals surface area (Å²) >= 11 is 0. The fraction of sp³-hybridized carbons (Fsp3) is 0.273. The van der Waals surface area contributed by atoms with Gasteiger partial charge in [0.2, 0.25) is 0 Å². The number of rotatable bonds is 2. The van der Waals surface area contributed by atoms with Crippen LogP contribution in [0.15, 0.2) is 18.3 Å². The van der Waals surface area contributed by atoms with Gasteiger partial charge in [0.25, 0.3) is 0 Å². The van der Waals surface area contributed by atoms with Crippen LogP contribution < -0.4 is 0 Å². The molecule has 0 saturated carbocycles. The summed E-state index contributed by atoms with van der Waals surface area (Å²) in [6.45, 7) is 1.72. The molecule has 1 aromatic heterocycles. The van der Waals surface area contributed by atoms with Crippen molar-refractivity contribution in [3.8, 4) is 0 Å². The molecule has 0 saturated heterocycles. The maximum absolute atomic E-state index is 13.8. The van der Waals surface area contributed by atoms with Gasteiger partial charge in [0, 0.05) is 13.5 Å². The van der Waals surface area contributed by atoms with Crippen molar-refractivity contribution in [3.63, 3.8) is 0 Å². The van der Waals surface area contributed by atoms with E-state index in [1.54, 1.807) is 24.7 Å². The summed E-state index contributed by atoms with van der Waals surface area (Å²) in [7, 11) is 1.74. The lowest BCUT2D eigenvalue weighted by Gasteiger charge is -2.01. The van der Waals surface area contributed by atoms with Crippen molar-refractivity contribution < 1.29 is 9.18 Å². The third-order valence-electron chi connectivity index (χ3n) is 2.49. The topological polar surface area (TPSA) is 34.9 Å². The van der Waals surface area contributed by atoms with Crippen LogP contribution in [-0.2, 0) is 7.05 Å². The van der Waals surface area contributed by atoms with Crippen molar-refractivity contribution in [1.82, 2.24) is 9.78 Å². The number of benzene rings is 1. The minimum absolute atomic E-state index is 0.151. The van der Waals surface area contributed by atoms with E-state index in [2.05, 4.69) is 5.10 Å². The fourth-order valence-electron chi connectivity index (χ4n) is 1.60. The van der Waals surface area contributed by atoms with Crippen LogP contribution in [0.25, 0.3) is 10.9 Å². The van der Waals surface area contributed by atoms with Gasteiger partial charge in [-0.3, -0.25) is 9.48 Å². The summed E-state index contributed by atoms with van der Waals surface area (Å²) in [6, 6.07) is 3.24. The molecule has 78 valence electrons. The molecule has 0 aliphatic rings.